The summed E-state index contributed by atoms with van der Waals surface area (Å²) in [6.07, 6.45) is 4.24. The molecule has 15 heavy (non-hydrogen) atoms. The molecule has 0 amide bonds. The Morgan fingerprint density at radius 2 is 1.87 bits per heavy atom. The maximum absolute atomic E-state index is 3.67. The van der Waals surface area contributed by atoms with Gasteiger partial charge < -0.3 is 5.32 Å². The van der Waals surface area contributed by atoms with Crippen molar-refractivity contribution in [3.05, 3.63) is 35.9 Å². The van der Waals surface area contributed by atoms with Gasteiger partial charge in [-0.05, 0) is 31.7 Å². The maximum atomic E-state index is 3.67. The molecule has 2 rings (SSSR count). The summed E-state index contributed by atoms with van der Waals surface area (Å²) in [7, 11) is 0. The second-order valence-corrected chi connectivity index (χ2v) is 4.88. The Morgan fingerprint density at radius 1 is 1.20 bits per heavy atom. The first kappa shape index (κ1) is 10.7. The predicted octanol–water partition coefficient (Wildman–Crippen LogP) is 3.53. The van der Waals surface area contributed by atoms with E-state index in [1.54, 1.807) is 0 Å². The number of nitrogens with one attached hydrogen (secondary N) is 1. The van der Waals surface area contributed by atoms with Crippen molar-refractivity contribution in [2.75, 3.05) is 0 Å². The molecular formula is C14H21N. The molecule has 0 spiro atoms. The third-order valence-electron chi connectivity index (χ3n) is 3.22. The average Bonchev–Trinajstić information content (AvgIpc) is 3.03. The third kappa shape index (κ3) is 3.35. The summed E-state index contributed by atoms with van der Waals surface area (Å²) in [6.45, 7) is 4.55. The summed E-state index contributed by atoms with van der Waals surface area (Å²) in [5, 5.41) is 3.67. The summed E-state index contributed by atoms with van der Waals surface area (Å²) in [5.74, 6) is 1.01. The second-order valence-electron chi connectivity index (χ2n) is 4.88. The molecule has 1 nitrogen and oxygen atoms in total. The highest BCUT2D eigenvalue weighted by molar-refractivity contribution is 5.18. The molecule has 1 unspecified atom stereocenters. The van der Waals surface area contributed by atoms with Crippen molar-refractivity contribution >= 4 is 0 Å². The average molecular weight is 203 g/mol. The van der Waals surface area contributed by atoms with E-state index in [0.717, 1.165) is 5.92 Å². The Hall–Kier alpha value is -0.820. The van der Waals surface area contributed by atoms with Crippen molar-refractivity contribution in [2.45, 2.75) is 45.2 Å². The topological polar surface area (TPSA) is 12.0 Å². The highest BCUT2D eigenvalue weighted by Gasteiger charge is 2.23. The maximum Gasteiger partial charge on any atom is 0.0294 e. The number of hydrogen-bond donors (Lipinski definition) is 1. The molecule has 0 bridgehead atoms. The summed E-state index contributed by atoms with van der Waals surface area (Å²) < 4.78 is 0. The first-order valence-corrected chi connectivity index (χ1v) is 6.06. The van der Waals surface area contributed by atoms with Crippen LogP contribution in [0.4, 0.5) is 0 Å². The molecule has 82 valence electrons. The minimum absolute atomic E-state index is 0.472. The van der Waals surface area contributed by atoms with Crippen LogP contribution in [0.2, 0.25) is 0 Å². The Bertz CT molecular complexity index is 289. The van der Waals surface area contributed by atoms with E-state index in [2.05, 4.69) is 49.5 Å². The van der Waals surface area contributed by atoms with Crippen molar-refractivity contribution in [3.8, 4) is 0 Å². The fourth-order valence-corrected chi connectivity index (χ4v) is 2.19. The molecule has 1 heteroatoms. The molecule has 0 aromatic heterocycles. The third-order valence-corrected chi connectivity index (χ3v) is 3.22. The zero-order valence-electron chi connectivity index (χ0n) is 9.74. The van der Waals surface area contributed by atoms with Crippen LogP contribution in [0.25, 0.3) is 0 Å². The van der Waals surface area contributed by atoms with Crippen LogP contribution in [0.15, 0.2) is 30.3 Å². The van der Waals surface area contributed by atoms with E-state index in [4.69, 9.17) is 0 Å². The van der Waals surface area contributed by atoms with Crippen LogP contribution in [0.5, 0.6) is 0 Å². The highest BCUT2D eigenvalue weighted by Crippen LogP contribution is 2.33. The normalized spacial score (nSPS) is 19.9. The van der Waals surface area contributed by atoms with E-state index in [0.29, 0.717) is 12.1 Å². The molecule has 1 aromatic rings. The standard InChI is InChI=1S/C14H21N/c1-11(10-13-8-9-13)15-12(2)14-6-4-3-5-7-14/h3-7,11-13,15H,8-10H2,1-2H3/t11?,12-/m1/s1. The summed E-state index contributed by atoms with van der Waals surface area (Å²) in [6, 6.07) is 11.8. The molecule has 0 aliphatic heterocycles. The minimum atomic E-state index is 0.472. The monoisotopic (exact) mass is 203 g/mol. The van der Waals surface area contributed by atoms with E-state index in [1.165, 1.54) is 24.8 Å². The van der Waals surface area contributed by atoms with Gasteiger partial charge in [0.15, 0.2) is 0 Å². The zero-order valence-corrected chi connectivity index (χ0v) is 9.74. The molecule has 1 saturated carbocycles. The van der Waals surface area contributed by atoms with Gasteiger partial charge in [0.05, 0.1) is 0 Å². The van der Waals surface area contributed by atoms with E-state index >= 15 is 0 Å². The molecular weight excluding hydrogens is 182 g/mol. The van der Waals surface area contributed by atoms with Crippen LogP contribution >= 0.6 is 0 Å². The zero-order chi connectivity index (χ0) is 10.7. The van der Waals surface area contributed by atoms with Crippen LogP contribution in [-0.2, 0) is 0 Å². The largest absolute Gasteiger partial charge is 0.308 e. The molecule has 0 radical (unpaired) electrons. The lowest BCUT2D eigenvalue weighted by Gasteiger charge is -2.20. The molecule has 1 fully saturated rings. The van der Waals surface area contributed by atoms with E-state index in [1.807, 2.05) is 0 Å². The Kier molecular flexibility index (Phi) is 3.42. The van der Waals surface area contributed by atoms with Gasteiger partial charge in [-0.15, -0.1) is 0 Å². The van der Waals surface area contributed by atoms with Crippen molar-refractivity contribution < 1.29 is 0 Å². The second kappa shape index (κ2) is 4.80. The summed E-state index contributed by atoms with van der Waals surface area (Å²) in [5.41, 5.74) is 1.39. The summed E-state index contributed by atoms with van der Waals surface area (Å²) >= 11 is 0. The van der Waals surface area contributed by atoms with Gasteiger partial charge in [0.25, 0.3) is 0 Å². The molecule has 2 atom stereocenters. The Balaban J connectivity index is 1.82. The first-order chi connectivity index (χ1) is 7.25. The minimum Gasteiger partial charge on any atom is -0.308 e. The van der Waals surface area contributed by atoms with Crippen molar-refractivity contribution in [2.24, 2.45) is 5.92 Å². The van der Waals surface area contributed by atoms with Crippen molar-refractivity contribution in [1.29, 1.82) is 0 Å². The number of rotatable bonds is 5. The van der Waals surface area contributed by atoms with Gasteiger partial charge in [0, 0.05) is 12.1 Å². The molecule has 0 heterocycles. The quantitative estimate of drug-likeness (QED) is 0.772. The number of hydrogen-bond acceptors (Lipinski definition) is 1. The Labute approximate surface area is 92.9 Å². The Morgan fingerprint density at radius 3 is 2.47 bits per heavy atom. The predicted molar refractivity (Wildman–Crippen MR) is 64.8 cm³/mol. The van der Waals surface area contributed by atoms with Gasteiger partial charge in [0.2, 0.25) is 0 Å². The van der Waals surface area contributed by atoms with Gasteiger partial charge in [-0.25, -0.2) is 0 Å². The first-order valence-electron chi connectivity index (χ1n) is 6.06. The van der Waals surface area contributed by atoms with Gasteiger partial charge in [-0.1, -0.05) is 43.2 Å². The van der Waals surface area contributed by atoms with Crippen LogP contribution in [0.1, 0.15) is 44.7 Å². The van der Waals surface area contributed by atoms with Gasteiger partial charge >= 0.3 is 0 Å². The van der Waals surface area contributed by atoms with E-state index in [9.17, 15) is 0 Å². The lowest BCUT2D eigenvalue weighted by molar-refractivity contribution is 0.438. The number of benzene rings is 1. The van der Waals surface area contributed by atoms with Crippen LogP contribution in [-0.4, -0.2) is 6.04 Å². The smallest absolute Gasteiger partial charge is 0.0294 e. The molecule has 1 aromatic carbocycles. The van der Waals surface area contributed by atoms with Gasteiger partial charge in [-0.2, -0.15) is 0 Å². The SMILES string of the molecule is CC(CC1CC1)N[C@H](C)c1ccccc1. The highest BCUT2D eigenvalue weighted by atomic mass is 14.9. The lowest BCUT2D eigenvalue weighted by Crippen LogP contribution is -2.29. The molecule has 1 aliphatic carbocycles. The molecule has 0 saturated heterocycles. The van der Waals surface area contributed by atoms with Crippen LogP contribution < -0.4 is 5.32 Å². The van der Waals surface area contributed by atoms with Crippen molar-refractivity contribution in [1.82, 2.24) is 5.32 Å². The summed E-state index contributed by atoms with van der Waals surface area (Å²) in [4.78, 5) is 0. The molecule has 1 aliphatic rings. The fourth-order valence-electron chi connectivity index (χ4n) is 2.19. The lowest BCUT2D eigenvalue weighted by atomic mass is 10.1. The van der Waals surface area contributed by atoms with Gasteiger partial charge in [0.1, 0.15) is 0 Å². The van der Waals surface area contributed by atoms with Crippen molar-refractivity contribution in [3.63, 3.8) is 0 Å². The van der Waals surface area contributed by atoms with E-state index < -0.39 is 0 Å². The van der Waals surface area contributed by atoms with Gasteiger partial charge in [-0.3, -0.25) is 0 Å². The van der Waals surface area contributed by atoms with Crippen LogP contribution in [0.3, 0.4) is 0 Å². The molecule has 1 N–H and O–H groups in total. The van der Waals surface area contributed by atoms with E-state index in [-0.39, 0.29) is 0 Å². The van der Waals surface area contributed by atoms with Crippen LogP contribution in [0, 0.1) is 5.92 Å². The fraction of sp³-hybridized carbons (Fsp3) is 0.571.